The van der Waals surface area contributed by atoms with Crippen molar-refractivity contribution in [1.29, 1.82) is 0 Å². The fraction of sp³-hybridized carbons (Fsp3) is 0.667. The minimum Gasteiger partial charge on any atom is -0.378 e. The first kappa shape index (κ1) is 17.2. The Morgan fingerprint density at radius 3 is 1.96 bits per heavy atom. The zero-order valence-electron chi connectivity index (χ0n) is 13.7. The molecule has 0 N–H and O–H groups in total. The number of morpholine rings is 2. The van der Waals surface area contributed by atoms with Gasteiger partial charge in [-0.25, -0.2) is 4.98 Å². The van der Waals surface area contributed by atoms with E-state index < -0.39 is 5.25 Å². The number of hydrogen-bond acceptors (Lipinski definition) is 6. The van der Waals surface area contributed by atoms with E-state index in [0.29, 0.717) is 57.8 Å². The predicted molar refractivity (Wildman–Crippen MR) is 87.7 cm³/mol. The van der Waals surface area contributed by atoms with Crippen LogP contribution >= 0.6 is 11.8 Å². The number of ether oxygens (including phenoxy) is 2. The second kappa shape index (κ2) is 8.00. The van der Waals surface area contributed by atoms with Crippen molar-refractivity contribution in [3.05, 3.63) is 12.4 Å². The number of amides is 2. The molecular formula is C15H22N4O4S. The molecule has 0 atom stereocenters. The SMILES string of the molecule is Cn1ccnc1SC(C(=O)N1CCOCC1)C(=O)N1CCOCC1. The van der Waals surface area contributed by atoms with Gasteiger partial charge in [0.05, 0.1) is 26.4 Å². The van der Waals surface area contributed by atoms with Crippen molar-refractivity contribution in [2.24, 2.45) is 7.05 Å². The molecule has 0 saturated carbocycles. The maximum Gasteiger partial charge on any atom is 0.245 e. The molecule has 2 fully saturated rings. The molecule has 0 spiro atoms. The van der Waals surface area contributed by atoms with Gasteiger partial charge >= 0.3 is 0 Å². The van der Waals surface area contributed by atoms with E-state index in [1.807, 2.05) is 11.6 Å². The number of hydrogen-bond donors (Lipinski definition) is 0. The van der Waals surface area contributed by atoms with Gasteiger partial charge in [-0.15, -0.1) is 0 Å². The van der Waals surface area contributed by atoms with Gasteiger partial charge in [-0.3, -0.25) is 9.59 Å². The number of carbonyl (C=O) groups excluding carboxylic acids is 2. The molecule has 2 aliphatic heterocycles. The normalized spacial score (nSPS) is 18.9. The highest BCUT2D eigenvalue weighted by Crippen LogP contribution is 2.25. The lowest BCUT2D eigenvalue weighted by Crippen LogP contribution is -2.52. The third kappa shape index (κ3) is 3.90. The molecule has 9 heteroatoms. The molecule has 8 nitrogen and oxygen atoms in total. The van der Waals surface area contributed by atoms with Crippen molar-refractivity contribution in [1.82, 2.24) is 19.4 Å². The Balaban J connectivity index is 1.77. The summed E-state index contributed by atoms with van der Waals surface area (Å²) in [5, 5.41) is -0.162. The van der Waals surface area contributed by atoms with E-state index >= 15 is 0 Å². The maximum atomic E-state index is 13.0. The van der Waals surface area contributed by atoms with Crippen LogP contribution in [0.1, 0.15) is 0 Å². The topological polar surface area (TPSA) is 76.9 Å². The molecule has 0 radical (unpaired) electrons. The van der Waals surface area contributed by atoms with Gasteiger partial charge in [-0.05, 0) is 0 Å². The molecule has 0 bridgehead atoms. The first-order chi connectivity index (χ1) is 11.7. The Labute approximate surface area is 145 Å². The third-order valence-corrected chi connectivity index (χ3v) is 5.34. The van der Waals surface area contributed by atoms with Crippen LogP contribution in [-0.4, -0.2) is 89.0 Å². The Morgan fingerprint density at radius 1 is 1.04 bits per heavy atom. The standard InChI is InChI=1S/C15H22N4O4S/c1-17-3-2-16-15(17)24-12(13(20)18-4-8-22-9-5-18)14(21)19-6-10-23-11-7-19/h2-3,12H,4-11H2,1H3. The zero-order chi connectivity index (χ0) is 16.9. The number of thioether (sulfide) groups is 1. The second-order valence-corrected chi connectivity index (χ2v) is 6.77. The van der Waals surface area contributed by atoms with E-state index in [1.165, 1.54) is 11.8 Å². The largest absolute Gasteiger partial charge is 0.378 e. The highest BCUT2D eigenvalue weighted by molar-refractivity contribution is 8.01. The van der Waals surface area contributed by atoms with Crippen LogP contribution in [-0.2, 0) is 26.1 Å². The van der Waals surface area contributed by atoms with Crippen molar-refractivity contribution in [2.45, 2.75) is 10.4 Å². The Kier molecular flexibility index (Phi) is 5.75. The summed E-state index contributed by atoms with van der Waals surface area (Å²) in [6.07, 6.45) is 3.47. The molecule has 2 amide bonds. The lowest BCUT2D eigenvalue weighted by Gasteiger charge is -2.33. The number of aryl methyl sites for hydroxylation is 1. The first-order valence-corrected chi connectivity index (χ1v) is 8.92. The fourth-order valence-corrected chi connectivity index (χ4v) is 3.74. The first-order valence-electron chi connectivity index (χ1n) is 8.04. The summed E-state index contributed by atoms with van der Waals surface area (Å²) >= 11 is 1.21. The van der Waals surface area contributed by atoms with Crippen LogP contribution in [0.2, 0.25) is 0 Å². The third-order valence-electron chi connectivity index (χ3n) is 4.09. The quantitative estimate of drug-likeness (QED) is 0.541. The van der Waals surface area contributed by atoms with E-state index in [-0.39, 0.29) is 11.8 Å². The summed E-state index contributed by atoms with van der Waals surface area (Å²) in [7, 11) is 1.85. The van der Waals surface area contributed by atoms with Crippen LogP contribution in [0, 0.1) is 0 Å². The van der Waals surface area contributed by atoms with Gasteiger partial charge in [0.2, 0.25) is 11.8 Å². The number of rotatable bonds is 4. The number of aromatic nitrogens is 2. The summed E-state index contributed by atoms with van der Waals surface area (Å²) in [5.74, 6) is -0.328. The van der Waals surface area contributed by atoms with Crippen LogP contribution in [0.15, 0.2) is 17.6 Å². The van der Waals surface area contributed by atoms with Crippen molar-refractivity contribution in [2.75, 3.05) is 52.6 Å². The van der Waals surface area contributed by atoms with Gasteiger partial charge in [0.15, 0.2) is 10.4 Å². The predicted octanol–water partition coefficient (Wildman–Crippen LogP) is -0.402. The van der Waals surface area contributed by atoms with E-state index in [1.54, 1.807) is 22.2 Å². The van der Waals surface area contributed by atoms with Crippen molar-refractivity contribution in [3.63, 3.8) is 0 Å². The molecule has 3 heterocycles. The number of nitrogens with zero attached hydrogens (tertiary/aromatic N) is 4. The summed E-state index contributed by atoms with van der Waals surface area (Å²) in [6.45, 7) is 4.13. The minimum atomic E-state index is -0.817. The number of imidazole rings is 1. The van der Waals surface area contributed by atoms with Gasteiger partial charge in [0.25, 0.3) is 0 Å². The smallest absolute Gasteiger partial charge is 0.245 e. The molecule has 2 aliphatic rings. The van der Waals surface area contributed by atoms with Gasteiger partial charge in [-0.2, -0.15) is 0 Å². The Hall–Kier alpha value is -1.58. The Bertz CT molecular complexity index is 552. The van der Waals surface area contributed by atoms with Crippen LogP contribution in [0.3, 0.4) is 0 Å². The van der Waals surface area contributed by atoms with Crippen LogP contribution in [0.25, 0.3) is 0 Å². The average molecular weight is 354 g/mol. The highest BCUT2D eigenvalue weighted by Gasteiger charge is 2.36. The summed E-state index contributed by atoms with van der Waals surface area (Å²) in [5.41, 5.74) is 0. The molecule has 3 rings (SSSR count). The Morgan fingerprint density at radius 2 is 1.54 bits per heavy atom. The highest BCUT2D eigenvalue weighted by atomic mass is 32.2. The summed E-state index contributed by atoms with van der Waals surface area (Å²) < 4.78 is 12.4. The fourth-order valence-electron chi connectivity index (χ4n) is 2.68. The molecule has 24 heavy (non-hydrogen) atoms. The van der Waals surface area contributed by atoms with E-state index in [0.717, 1.165) is 0 Å². The molecule has 2 saturated heterocycles. The van der Waals surface area contributed by atoms with E-state index in [9.17, 15) is 9.59 Å². The van der Waals surface area contributed by atoms with Crippen molar-refractivity contribution >= 4 is 23.6 Å². The summed E-state index contributed by atoms with van der Waals surface area (Å²) in [4.78, 5) is 33.6. The monoisotopic (exact) mass is 354 g/mol. The lowest BCUT2D eigenvalue weighted by atomic mass is 10.2. The van der Waals surface area contributed by atoms with Crippen LogP contribution < -0.4 is 0 Å². The second-order valence-electron chi connectivity index (χ2n) is 5.69. The minimum absolute atomic E-state index is 0.164. The zero-order valence-corrected chi connectivity index (χ0v) is 14.5. The van der Waals surface area contributed by atoms with Crippen LogP contribution in [0.4, 0.5) is 0 Å². The lowest BCUT2D eigenvalue weighted by molar-refractivity contribution is -0.144. The molecular weight excluding hydrogens is 332 g/mol. The maximum absolute atomic E-state index is 13.0. The molecule has 0 aromatic carbocycles. The van der Waals surface area contributed by atoms with Gasteiger partial charge < -0.3 is 23.8 Å². The van der Waals surface area contributed by atoms with Crippen molar-refractivity contribution < 1.29 is 19.1 Å². The van der Waals surface area contributed by atoms with Gasteiger partial charge in [0, 0.05) is 45.6 Å². The van der Waals surface area contributed by atoms with E-state index in [4.69, 9.17) is 9.47 Å². The average Bonchev–Trinajstić information content (AvgIpc) is 3.05. The molecule has 1 aromatic rings. The van der Waals surface area contributed by atoms with E-state index in [2.05, 4.69) is 4.98 Å². The molecule has 132 valence electrons. The van der Waals surface area contributed by atoms with Crippen molar-refractivity contribution in [3.8, 4) is 0 Å². The summed E-state index contributed by atoms with van der Waals surface area (Å²) in [6, 6.07) is 0. The molecule has 1 aromatic heterocycles. The molecule has 0 aliphatic carbocycles. The van der Waals surface area contributed by atoms with Gasteiger partial charge in [-0.1, -0.05) is 11.8 Å². The van der Waals surface area contributed by atoms with Gasteiger partial charge in [0.1, 0.15) is 0 Å². The molecule has 0 unspecified atom stereocenters. The number of carbonyl (C=O) groups is 2. The van der Waals surface area contributed by atoms with Crippen LogP contribution in [0.5, 0.6) is 0 Å².